The summed E-state index contributed by atoms with van der Waals surface area (Å²) < 4.78 is 6.43. The van der Waals surface area contributed by atoms with E-state index in [1.54, 1.807) is 24.4 Å². The first-order valence-electron chi connectivity index (χ1n) is 11.3. The summed E-state index contributed by atoms with van der Waals surface area (Å²) in [6.07, 6.45) is 1.78. The minimum Gasteiger partial charge on any atom is -0.478 e. The molecule has 4 aromatic rings. The number of rotatable bonds is 5. The number of thiocarbonyl (C=S) groups is 1. The number of nitrogens with one attached hydrogen (secondary N) is 1. The van der Waals surface area contributed by atoms with E-state index in [1.165, 1.54) is 0 Å². The van der Waals surface area contributed by atoms with Crippen LogP contribution >= 0.6 is 12.2 Å². The predicted octanol–water partition coefficient (Wildman–Crippen LogP) is 6.14. The van der Waals surface area contributed by atoms with Gasteiger partial charge in [0.2, 0.25) is 0 Å². The van der Waals surface area contributed by atoms with Crippen LogP contribution in [-0.4, -0.2) is 21.2 Å². The highest BCUT2D eigenvalue weighted by atomic mass is 32.1. The van der Waals surface area contributed by atoms with Crippen LogP contribution in [0.5, 0.6) is 0 Å². The van der Waals surface area contributed by atoms with Crippen molar-refractivity contribution in [1.82, 2.24) is 10.3 Å². The lowest BCUT2D eigenvalue weighted by atomic mass is 10.0. The number of aromatic carboxylic acids is 1. The third-order valence-electron chi connectivity index (χ3n) is 6.24. The zero-order valence-electron chi connectivity index (χ0n) is 19.6. The Hall–Kier alpha value is -3.97. The summed E-state index contributed by atoms with van der Waals surface area (Å²) in [5.41, 5.74) is 6.09. The second-order valence-electron chi connectivity index (χ2n) is 8.88. The molecule has 2 N–H and O–H groups in total. The van der Waals surface area contributed by atoms with Crippen molar-refractivity contribution in [2.24, 2.45) is 0 Å². The molecule has 2 aromatic carbocycles. The second kappa shape index (κ2) is 9.00. The molecule has 0 unspecified atom stereocenters. The highest BCUT2D eigenvalue weighted by Crippen LogP contribution is 2.43. The predicted molar refractivity (Wildman–Crippen MR) is 140 cm³/mol. The largest absolute Gasteiger partial charge is 0.478 e. The number of benzene rings is 2. The Morgan fingerprint density at radius 1 is 1.03 bits per heavy atom. The molecule has 0 bridgehead atoms. The molecule has 1 fully saturated rings. The van der Waals surface area contributed by atoms with Crippen molar-refractivity contribution in [3.63, 3.8) is 0 Å². The number of pyridine rings is 1. The number of carbonyl (C=O) groups is 1. The molecule has 2 aromatic heterocycles. The molecule has 5 rings (SSSR count). The average Bonchev–Trinajstić information content (AvgIpc) is 3.43. The van der Waals surface area contributed by atoms with Crippen LogP contribution in [0.25, 0.3) is 11.3 Å². The van der Waals surface area contributed by atoms with Crippen LogP contribution in [0.3, 0.4) is 0 Å². The van der Waals surface area contributed by atoms with Crippen LogP contribution in [0.2, 0.25) is 0 Å². The number of nitrogens with zero attached hydrogens (tertiary/aromatic N) is 2. The number of hydrogen-bond donors (Lipinski definition) is 2. The van der Waals surface area contributed by atoms with E-state index in [-0.39, 0.29) is 17.6 Å². The van der Waals surface area contributed by atoms with Gasteiger partial charge in [-0.2, -0.15) is 0 Å². The number of furan rings is 1. The molecule has 6 nitrogen and oxygen atoms in total. The van der Waals surface area contributed by atoms with Gasteiger partial charge in [-0.25, -0.2) is 4.79 Å². The molecule has 176 valence electrons. The number of aryl methyl sites for hydroxylation is 3. The summed E-state index contributed by atoms with van der Waals surface area (Å²) in [7, 11) is 0. The van der Waals surface area contributed by atoms with E-state index in [2.05, 4.69) is 47.2 Å². The quantitative estimate of drug-likeness (QED) is 0.330. The lowest BCUT2D eigenvalue weighted by Crippen LogP contribution is -2.29. The maximum atomic E-state index is 11.3. The first-order valence-corrected chi connectivity index (χ1v) is 11.8. The van der Waals surface area contributed by atoms with Crippen LogP contribution in [0.4, 0.5) is 5.69 Å². The van der Waals surface area contributed by atoms with Crippen molar-refractivity contribution < 1.29 is 14.3 Å². The van der Waals surface area contributed by atoms with Gasteiger partial charge in [0.05, 0.1) is 17.3 Å². The van der Waals surface area contributed by atoms with E-state index in [0.717, 1.165) is 39.4 Å². The van der Waals surface area contributed by atoms with E-state index in [9.17, 15) is 9.90 Å². The number of aromatic nitrogens is 1. The molecular formula is C28H25N3O3S. The Morgan fingerprint density at radius 2 is 1.80 bits per heavy atom. The molecule has 3 heterocycles. The monoisotopic (exact) mass is 483 g/mol. The van der Waals surface area contributed by atoms with E-state index < -0.39 is 5.97 Å². The summed E-state index contributed by atoms with van der Waals surface area (Å²) in [6, 6.07) is 20.7. The van der Waals surface area contributed by atoms with Gasteiger partial charge in [-0.15, -0.1) is 0 Å². The van der Waals surface area contributed by atoms with E-state index in [0.29, 0.717) is 10.9 Å². The second-order valence-corrected chi connectivity index (χ2v) is 9.27. The Labute approximate surface area is 209 Å². The van der Waals surface area contributed by atoms with Crippen LogP contribution < -0.4 is 10.2 Å². The van der Waals surface area contributed by atoms with Gasteiger partial charge in [0.25, 0.3) is 0 Å². The standard InChI is InChI=1S/C28H25N3O3S/c1-16-12-17(2)14-20(13-16)31-26(25(30-28(31)35)22-6-4-5-11-29-22)24-10-9-23(34-24)21-8-7-19(27(32)33)15-18(21)3/h4-15,25-26H,1-3H3,(H,30,35)(H,32,33)/t25-,26+/m0/s1. The molecule has 0 amide bonds. The Kier molecular flexibility index (Phi) is 5.86. The van der Waals surface area contributed by atoms with E-state index in [1.807, 2.05) is 37.3 Å². The lowest BCUT2D eigenvalue weighted by Gasteiger charge is -2.26. The summed E-state index contributed by atoms with van der Waals surface area (Å²) in [5, 5.41) is 13.4. The zero-order chi connectivity index (χ0) is 24.7. The van der Waals surface area contributed by atoms with Crippen LogP contribution in [0.1, 0.15) is 50.6 Å². The SMILES string of the molecule is Cc1cc(C)cc(N2C(=S)N[C@@H](c3ccccn3)[C@H]2c2ccc(-c3ccc(C(=O)O)cc3C)o2)c1. The van der Waals surface area contributed by atoms with Gasteiger partial charge >= 0.3 is 5.97 Å². The van der Waals surface area contributed by atoms with Crippen molar-refractivity contribution >= 4 is 29.0 Å². The fraction of sp³-hybridized carbons (Fsp3) is 0.179. The third kappa shape index (κ3) is 4.31. The molecular weight excluding hydrogens is 458 g/mol. The minimum atomic E-state index is -0.951. The van der Waals surface area contributed by atoms with Crippen molar-refractivity contribution in [2.75, 3.05) is 4.90 Å². The normalized spacial score (nSPS) is 17.5. The fourth-order valence-corrected chi connectivity index (χ4v) is 5.09. The van der Waals surface area contributed by atoms with Gasteiger partial charge in [-0.3, -0.25) is 4.98 Å². The maximum Gasteiger partial charge on any atom is 0.335 e. The van der Waals surface area contributed by atoms with Crippen molar-refractivity contribution in [1.29, 1.82) is 0 Å². The molecule has 1 aliphatic rings. The highest BCUT2D eigenvalue weighted by Gasteiger charge is 2.42. The first-order chi connectivity index (χ1) is 16.8. The Bertz CT molecular complexity index is 1410. The summed E-state index contributed by atoms with van der Waals surface area (Å²) in [6.45, 7) is 6.03. The molecule has 0 spiro atoms. The molecule has 1 aliphatic heterocycles. The molecule has 7 heteroatoms. The summed E-state index contributed by atoms with van der Waals surface area (Å²) >= 11 is 5.81. The lowest BCUT2D eigenvalue weighted by molar-refractivity contribution is 0.0696. The van der Waals surface area contributed by atoms with Gasteiger partial charge in [-0.05, 0) is 98.2 Å². The summed E-state index contributed by atoms with van der Waals surface area (Å²) in [5.74, 6) is 0.462. The first kappa shape index (κ1) is 22.8. The van der Waals surface area contributed by atoms with Crippen molar-refractivity contribution in [2.45, 2.75) is 32.9 Å². The molecule has 0 saturated carbocycles. The Morgan fingerprint density at radius 3 is 2.46 bits per heavy atom. The van der Waals surface area contributed by atoms with Gasteiger partial charge in [0, 0.05) is 17.4 Å². The number of anilines is 1. The van der Waals surface area contributed by atoms with E-state index >= 15 is 0 Å². The number of hydrogen-bond acceptors (Lipinski definition) is 4. The molecule has 0 aliphatic carbocycles. The number of carboxylic acids is 1. The maximum absolute atomic E-state index is 11.3. The topological polar surface area (TPSA) is 78.6 Å². The van der Waals surface area contributed by atoms with Gasteiger partial charge in [0.15, 0.2) is 5.11 Å². The molecule has 35 heavy (non-hydrogen) atoms. The summed E-state index contributed by atoms with van der Waals surface area (Å²) in [4.78, 5) is 18.0. The van der Waals surface area contributed by atoms with Gasteiger partial charge < -0.3 is 19.7 Å². The Balaban J connectivity index is 1.60. The minimum absolute atomic E-state index is 0.209. The molecule has 0 radical (unpaired) electrons. The van der Waals surface area contributed by atoms with Crippen LogP contribution in [0, 0.1) is 20.8 Å². The third-order valence-corrected chi connectivity index (χ3v) is 6.55. The van der Waals surface area contributed by atoms with Crippen LogP contribution in [0.15, 0.2) is 77.3 Å². The van der Waals surface area contributed by atoms with Gasteiger partial charge in [0.1, 0.15) is 17.6 Å². The number of carboxylic acid groups (broad SMARTS) is 1. The average molecular weight is 484 g/mol. The van der Waals surface area contributed by atoms with Crippen molar-refractivity contribution in [3.8, 4) is 11.3 Å². The highest BCUT2D eigenvalue weighted by molar-refractivity contribution is 7.80. The fourth-order valence-electron chi connectivity index (χ4n) is 4.74. The molecule has 2 atom stereocenters. The zero-order valence-corrected chi connectivity index (χ0v) is 20.5. The smallest absolute Gasteiger partial charge is 0.335 e. The van der Waals surface area contributed by atoms with Gasteiger partial charge in [-0.1, -0.05) is 18.2 Å². The molecule has 1 saturated heterocycles. The van der Waals surface area contributed by atoms with Crippen molar-refractivity contribution in [3.05, 3.63) is 107 Å². The van der Waals surface area contributed by atoms with Crippen LogP contribution in [-0.2, 0) is 0 Å². The van der Waals surface area contributed by atoms with E-state index in [4.69, 9.17) is 16.6 Å².